The Morgan fingerprint density at radius 2 is 1.95 bits per heavy atom. The van der Waals surface area contributed by atoms with Crippen molar-refractivity contribution in [3.63, 3.8) is 0 Å². The predicted octanol–water partition coefficient (Wildman–Crippen LogP) is 1.87. The van der Waals surface area contributed by atoms with Gasteiger partial charge in [-0.05, 0) is 37.3 Å². The molecule has 1 N–H and O–H groups in total. The molecule has 3 nitrogen and oxygen atoms in total. The second kappa shape index (κ2) is 4.00. The van der Waals surface area contributed by atoms with E-state index in [0.717, 1.165) is 18.9 Å². The van der Waals surface area contributed by atoms with Gasteiger partial charge in [0.1, 0.15) is 17.2 Å². The fourth-order valence-corrected chi connectivity index (χ4v) is 2.63. The number of amides is 1. The van der Waals surface area contributed by atoms with E-state index in [1.54, 1.807) is 0 Å². The van der Waals surface area contributed by atoms with Crippen LogP contribution in [0.2, 0.25) is 0 Å². The molecule has 0 bridgehead atoms. The summed E-state index contributed by atoms with van der Waals surface area (Å²) in [6.07, 6.45) is 1.98. The van der Waals surface area contributed by atoms with E-state index in [1.807, 2.05) is 0 Å². The maximum absolute atomic E-state index is 13.6. The summed E-state index contributed by atoms with van der Waals surface area (Å²) in [4.78, 5) is 13.5. The van der Waals surface area contributed by atoms with Crippen molar-refractivity contribution in [2.75, 3.05) is 13.1 Å². The molecule has 1 saturated heterocycles. The van der Waals surface area contributed by atoms with Crippen LogP contribution in [0.4, 0.5) is 8.78 Å². The minimum atomic E-state index is -0.852. The van der Waals surface area contributed by atoms with E-state index in [0.29, 0.717) is 0 Å². The molecule has 0 radical (unpaired) electrons. The molecule has 0 unspecified atom stereocenters. The molecule has 1 aliphatic heterocycles. The van der Waals surface area contributed by atoms with Crippen LogP contribution in [0, 0.1) is 24.5 Å². The van der Waals surface area contributed by atoms with Gasteiger partial charge in [-0.3, -0.25) is 4.79 Å². The van der Waals surface area contributed by atoms with Crippen LogP contribution in [0.3, 0.4) is 0 Å². The first kappa shape index (κ1) is 12.5. The van der Waals surface area contributed by atoms with Gasteiger partial charge in [0.05, 0.1) is 18.7 Å². The molecule has 2 fully saturated rings. The predicted molar refractivity (Wildman–Crippen MR) is 64.7 cm³/mol. The van der Waals surface area contributed by atoms with Crippen LogP contribution in [-0.2, 0) is 0 Å². The molecule has 1 heterocycles. The van der Waals surface area contributed by atoms with Gasteiger partial charge < -0.3 is 10.0 Å². The lowest BCUT2D eigenvalue weighted by molar-refractivity contribution is -0.0959. The largest absolute Gasteiger partial charge is 0.386 e. The molecule has 1 saturated carbocycles. The van der Waals surface area contributed by atoms with Crippen molar-refractivity contribution < 1.29 is 18.7 Å². The van der Waals surface area contributed by atoms with Crippen LogP contribution in [0.1, 0.15) is 28.8 Å². The third kappa shape index (κ3) is 2.02. The Morgan fingerprint density at radius 3 is 2.53 bits per heavy atom. The van der Waals surface area contributed by atoms with Crippen LogP contribution in [-0.4, -0.2) is 34.6 Å². The van der Waals surface area contributed by atoms with Crippen LogP contribution in [0.5, 0.6) is 0 Å². The van der Waals surface area contributed by atoms with Crippen molar-refractivity contribution >= 4 is 5.91 Å². The normalized spacial score (nSPS) is 21.2. The summed E-state index contributed by atoms with van der Waals surface area (Å²) in [6, 6.07) is 1.96. The number of nitrogens with zero attached hydrogens (tertiary/aromatic N) is 1. The highest BCUT2D eigenvalue weighted by atomic mass is 19.1. The summed E-state index contributed by atoms with van der Waals surface area (Å²) in [6.45, 7) is 1.97. The van der Waals surface area contributed by atoms with E-state index < -0.39 is 23.1 Å². The Balaban J connectivity index is 1.77. The van der Waals surface area contributed by atoms with E-state index in [1.165, 1.54) is 17.9 Å². The number of rotatable bonds is 2. The van der Waals surface area contributed by atoms with Crippen molar-refractivity contribution in [2.24, 2.45) is 5.92 Å². The molecule has 0 spiro atoms. The van der Waals surface area contributed by atoms with Crippen LogP contribution >= 0.6 is 0 Å². The quantitative estimate of drug-likeness (QED) is 0.888. The minimum absolute atomic E-state index is 0.128. The third-order valence-corrected chi connectivity index (χ3v) is 4.03. The zero-order valence-corrected chi connectivity index (χ0v) is 10.6. The molecular formula is C14H15F2NO2. The number of carbonyl (C=O) groups excluding carboxylic acids is 1. The number of hydrogen-bond acceptors (Lipinski definition) is 2. The van der Waals surface area contributed by atoms with Crippen molar-refractivity contribution in [1.82, 2.24) is 4.90 Å². The topological polar surface area (TPSA) is 40.5 Å². The SMILES string of the molecule is Cc1cc(C(=O)N2CC(O)(C3CC3)C2)c(F)cc1F. The van der Waals surface area contributed by atoms with Crippen LogP contribution in [0.15, 0.2) is 12.1 Å². The monoisotopic (exact) mass is 267 g/mol. The smallest absolute Gasteiger partial charge is 0.257 e. The Morgan fingerprint density at radius 1 is 1.32 bits per heavy atom. The van der Waals surface area contributed by atoms with E-state index in [4.69, 9.17) is 0 Å². The molecule has 1 aromatic carbocycles. The number of benzene rings is 1. The Kier molecular flexibility index (Phi) is 2.64. The lowest BCUT2D eigenvalue weighted by Gasteiger charge is -2.47. The summed E-state index contributed by atoms with van der Waals surface area (Å²) >= 11 is 0. The summed E-state index contributed by atoms with van der Waals surface area (Å²) < 4.78 is 26.8. The number of carbonyl (C=O) groups is 1. The van der Waals surface area contributed by atoms with Gasteiger partial charge in [0.25, 0.3) is 5.91 Å². The molecule has 1 aliphatic carbocycles. The molecular weight excluding hydrogens is 252 g/mol. The molecule has 0 aromatic heterocycles. The number of likely N-dealkylation sites (tertiary alicyclic amines) is 1. The maximum atomic E-state index is 13.6. The van der Waals surface area contributed by atoms with Crippen LogP contribution in [0.25, 0.3) is 0 Å². The van der Waals surface area contributed by atoms with E-state index in [2.05, 4.69) is 0 Å². The number of aliphatic hydroxyl groups is 1. The number of halogens is 2. The van der Waals surface area contributed by atoms with Crippen molar-refractivity contribution in [3.05, 3.63) is 34.9 Å². The maximum Gasteiger partial charge on any atom is 0.257 e. The Labute approximate surface area is 109 Å². The zero-order chi connectivity index (χ0) is 13.8. The van der Waals surface area contributed by atoms with Gasteiger partial charge in [-0.2, -0.15) is 0 Å². The fraction of sp³-hybridized carbons (Fsp3) is 0.500. The number of aryl methyl sites for hydroxylation is 1. The van der Waals surface area contributed by atoms with Gasteiger partial charge in [-0.25, -0.2) is 8.78 Å². The van der Waals surface area contributed by atoms with Gasteiger partial charge in [-0.15, -0.1) is 0 Å². The van der Waals surface area contributed by atoms with Gasteiger partial charge in [-0.1, -0.05) is 0 Å². The first-order chi connectivity index (χ1) is 8.90. The second-order valence-corrected chi connectivity index (χ2v) is 5.62. The zero-order valence-electron chi connectivity index (χ0n) is 10.6. The standard InChI is InChI=1S/C14H15F2NO2/c1-8-4-10(12(16)5-11(8)15)13(18)17-6-14(19,7-17)9-2-3-9/h4-5,9,19H,2-3,6-7H2,1H3. The third-order valence-electron chi connectivity index (χ3n) is 4.03. The molecule has 1 amide bonds. The highest BCUT2D eigenvalue weighted by Crippen LogP contribution is 2.44. The summed E-state index contributed by atoms with van der Waals surface area (Å²) in [5.41, 5.74) is -0.680. The fourth-order valence-electron chi connectivity index (χ4n) is 2.63. The first-order valence-corrected chi connectivity index (χ1v) is 6.38. The molecule has 1 aromatic rings. The van der Waals surface area contributed by atoms with Gasteiger partial charge in [0.15, 0.2) is 0 Å². The molecule has 2 aliphatic rings. The van der Waals surface area contributed by atoms with E-state index in [-0.39, 0.29) is 30.1 Å². The molecule has 0 atom stereocenters. The summed E-state index contributed by atoms with van der Waals surface area (Å²) in [5, 5.41) is 10.1. The van der Waals surface area contributed by atoms with Gasteiger partial charge in [0, 0.05) is 6.07 Å². The highest BCUT2D eigenvalue weighted by Gasteiger charge is 2.53. The summed E-state index contributed by atoms with van der Waals surface area (Å²) in [7, 11) is 0. The number of β-amino-alcohol motifs (C(OH)–C–C–N with tert-alkyl or cyclic N) is 1. The van der Waals surface area contributed by atoms with E-state index >= 15 is 0 Å². The lowest BCUT2D eigenvalue weighted by atomic mass is 9.88. The minimum Gasteiger partial charge on any atom is -0.386 e. The number of hydrogen-bond donors (Lipinski definition) is 1. The van der Waals surface area contributed by atoms with Crippen LogP contribution < -0.4 is 0 Å². The summed E-state index contributed by atoms with van der Waals surface area (Å²) in [5.74, 6) is -1.72. The van der Waals surface area contributed by atoms with E-state index in [9.17, 15) is 18.7 Å². The molecule has 19 heavy (non-hydrogen) atoms. The van der Waals surface area contributed by atoms with Crippen molar-refractivity contribution in [1.29, 1.82) is 0 Å². The first-order valence-electron chi connectivity index (χ1n) is 6.38. The molecule has 5 heteroatoms. The second-order valence-electron chi connectivity index (χ2n) is 5.62. The average Bonchev–Trinajstić information content (AvgIpc) is 3.13. The highest BCUT2D eigenvalue weighted by molar-refractivity contribution is 5.95. The Hall–Kier alpha value is -1.49. The average molecular weight is 267 g/mol. The Bertz CT molecular complexity index is 549. The van der Waals surface area contributed by atoms with Crippen molar-refractivity contribution in [3.8, 4) is 0 Å². The van der Waals surface area contributed by atoms with Crippen molar-refractivity contribution in [2.45, 2.75) is 25.4 Å². The lowest BCUT2D eigenvalue weighted by Crippen LogP contribution is -2.64. The molecule has 102 valence electrons. The van der Waals surface area contributed by atoms with Gasteiger partial charge in [0.2, 0.25) is 0 Å². The molecule has 3 rings (SSSR count). The van der Waals surface area contributed by atoms with Gasteiger partial charge >= 0.3 is 0 Å².